The largest absolute Gasteiger partial charge is 0.486 e. The van der Waals surface area contributed by atoms with Crippen LogP contribution in [0.4, 0.5) is 0 Å². The lowest BCUT2D eigenvalue weighted by atomic mass is 10.3. The van der Waals surface area contributed by atoms with E-state index in [4.69, 9.17) is 9.84 Å². The Morgan fingerprint density at radius 2 is 1.92 bits per heavy atom. The van der Waals surface area contributed by atoms with Crippen LogP contribution in [0.15, 0.2) is 40.2 Å². The van der Waals surface area contributed by atoms with E-state index in [9.17, 15) is 18.0 Å². The van der Waals surface area contributed by atoms with Crippen molar-refractivity contribution in [1.29, 1.82) is 0 Å². The molecule has 0 amide bonds. The number of nitrogens with zero attached hydrogens (tertiary/aromatic N) is 2. The summed E-state index contributed by atoms with van der Waals surface area (Å²) in [6, 6.07) is 5.74. The van der Waals surface area contributed by atoms with Gasteiger partial charge < -0.3 is 14.8 Å². The van der Waals surface area contributed by atoms with Crippen molar-refractivity contribution in [2.45, 2.75) is 11.5 Å². The summed E-state index contributed by atoms with van der Waals surface area (Å²) < 4.78 is 30.4. The highest BCUT2D eigenvalue weighted by molar-refractivity contribution is 7.89. The van der Waals surface area contributed by atoms with Crippen LogP contribution in [0, 0.1) is 0 Å². The van der Waals surface area contributed by atoms with E-state index in [2.05, 4.69) is 9.97 Å². The van der Waals surface area contributed by atoms with Crippen LogP contribution in [0.5, 0.6) is 5.75 Å². The molecular formula is C14H15N3O6S. The minimum atomic E-state index is -3.52. The van der Waals surface area contributed by atoms with Gasteiger partial charge in [-0.05, 0) is 24.3 Å². The van der Waals surface area contributed by atoms with Crippen LogP contribution in [0.3, 0.4) is 0 Å². The molecule has 128 valence electrons. The van der Waals surface area contributed by atoms with Gasteiger partial charge in [-0.3, -0.25) is 4.79 Å². The Balaban J connectivity index is 2.09. The lowest BCUT2D eigenvalue weighted by Gasteiger charge is -2.12. The first kappa shape index (κ1) is 17.6. The zero-order valence-corrected chi connectivity index (χ0v) is 13.7. The number of rotatable bonds is 6. The maximum Gasteiger partial charge on any atom is 0.342 e. The standard InChI is InChI=1S/C14H15N3O6S/c1-17(2)24(21,22)10-5-3-9(4-6-10)23-8-12-15-7-11(14(19)20)13(18)16-12/h3-7H,8H2,1-2H3,(H,19,20)(H,15,16,18). The molecule has 0 saturated carbocycles. The van der Waals surface area contributed by atoms with E-state index < -0.39 is 27.1 Å². The maximum atomic E-state index is 11.9. The molecule has 1 heterocycles. The number of hydrogen-bond acceptors (Lipinski definition) is 6. The molecule has 0 aliphatic rings. The molecule has 2 rings (SSSR count). The number of aromatic carboxylic acids is 1. The van der Waals surface area contributed by atoms with Crippen LogP contribution >= 0.6 is 0 Å². The van der Waals surface area contributed by atoms with E-state index in [-0.39, 0.29) is 17.3 Å². The molecule has 9 nitrogen and oxygen atoms in total. The highest BCUT2D eigenvalue weighted by Crippen LogP contribution is 2.18. The summed E-state index contributed by atoms with van der Waals surface area (Å²) in [4.78, 5) is 28.5. The van der Waals surface area contributed by atoms with Gasteiger partial charge in [0.2, 0.25) is 10.0 Å². The van der Waals surface area contributed by atoms with Crippen molar-refractivity contribution in [3.05, 3.63) is 52.2 Å². The van der Waals surface area contributed by atoms with Crippen molar-refractivity contribution in [2.24, 2.45) is 0 Å². The molecule has 0 fully saturated rings. The number of H-pyrrole nitrogens is 1. The first-order valence-electron chi connectivity index (χ1n) is 6.68. The average Bonchev–Trinajstić information content (AvgIpc) is 2.53. The van der Waals surface area contributed by atoms with Crippen LogP contribution in [0.1, 0.15) is 16.2 Å². The van der Waals surface area contributed by atoms with Crippen LogP contribution in [-0.2, 0) is 16.6 Å². The van der Waals surface area contributed by atoms with Crippen LogP contribution in [0.2, 0.25) is 0 Å². The highest BCUT2D eigenvalue weighted by Gasteiger charge is 2.16. The maximum absolute atomic E-state index is 11.9. The summed E-state index contributed by atoms with van der Waals surface area (Å²) in [5.74, 6) is -0.846. The zero-order chi connectivity index (χ0) is 17.9. The topological polar surface area (TPSA) is 130 Å². The van der Waals surface area contributed by atoms with E-state index >= 15 is 0 Å². The first-order chi connectivity index (χ1) is 11.2. The second-order valence-corrected chi connectivity index (χ2v) is 7.08. The van der Waals surface area contributed by atoms with E-state index in [1.54, 1.807) is 0 Å². The Kier molecular flexibility index (Phi) is 5.00. The number of nitrogens with one attached hydrogen (secondary N) is 1. The van der Waals surface area contributed by atoms with Gasteiger partial charge in [-0.2, -0.15) is 0 Å². The summed E-state index contributed by atoms with van der Waals surface area (Å²) in [6.45, 7) is -0.102. The third kappa shape index (κ3) is 3.78. The number of carboxylic acids is 1. The fraction of sp³-hybridized carbons (Fsp3) is 0.214. The van der Waals surface area contributed by atoms with Crippen molar-refractivity contribution in [3.63, 3.8) is 0 Å². The fourth-order valence-corrected chi connectivity index (χ4v) is 2.63. The van der Waals surface area contributed by atoms with Crippen molar-refractivity contribution in [2.75, 3.05) is 14.1 Å². The van der Waals surface area contributed by atoms with Gasteiger partial charge in [-0.1, -0.05) is 0 Å². The van der Waals surface area contributed by atoms with Gasteiger partial charge in [0.25, 0.3) is 5.56 Å². The number of aromatic nitrogens is 2. The Labute approximate surface area is 137 Å². The summed E-state index contributed by atoms with van der Waals surface area (Å²) in [5, 5.41) is 8.75. The molecule has 10 heteroatoms. The molecule has 2 aromatic rings. The lowest BCUT2D eigenvalue weighted by molar-refractivity contribution is 0.0694. The normalized spacial score (nSPS) is 11.5. The molecule has 0 spiro atoms. The molecule has 0 aliphatic heterocycles. The average molecular weight is 353 g/mol. The van der Waals surface area contributed by atoms with Crippen molar-refractivity contribution < 1.29 is 23.1 Å². The Hall–Kier alpha value is -2.72. The summed E-state index contributed by atoms with van der Waals surface area (Å²) in [6.07, 6.45) is 0.951. The number of ether oxygens (including phenoxy) is 1. The monoisotopic (exact) mass is 353 g/mol. The van der Waals surface area contributed by atoms with Crippen molar-refractivity contribution in [1.82, 2.24) is 14.3 Å². The molecule has 1 aromatic carbocycles. The van der Waals surface area contributed by atoms with Gasteiger partial charge in [0, 0.05) is 20.3 Å². The van der Waals surface area contributed by atoms with E-state index in [0.717, 1.165) is 10.5 Å². The predicted octanol–water partition coefficient (Wildman–Crippen LogP) is 0.297. The molecular weight excluding hydrogens is 338 g/mol. The summed E-state index contributed by atoms with van der Waals surface area (Å²) in [5.41, 5.74) is -1.24. The third-order valence-electron chi connectivity index (χ3n) is 3.06. The number of carbonyl (C=O) groups is 1. The molecule has 24 heavy (non-hydrogen) atoms. The van der Waals surface area contributed by atoms with Gasteiger partial charge in [0.15, 0.2) is 0 Å². The number of aromatic amines is 1. The molecule has 0 saturated heterocycles. The van der Waals surface area contributed by atoms with E-state index in [1.165, 1.54) is 38.4 Å². The van der Waals surface area contributed by atoms with Gasteiger partial charge in [-0.15, -0.1) is 0 Å². The molecule has 0 atom stereocenters. The van der Waals surface area contributed by atoms with Gasteiger partial charge in [0.05, 0.1) is 4.90 Å². The highest BCUT2D eigenvalue weighted by atomic mass is 32.2. The molecule has 0 aliphatic carbocycles. The molecule has 2 N–H and O–H groups in total. The lowest BCUT2D eigenvalue weighted by Crippen LogP contribution is -2.22. The molecule has 0 bridgehead atoms. The number of hydrogen-bond donors (Lipinski definition) is 2. The third-order valence-corrected chi connectivity index (χ3v) is 4.89. The fourth-order valence-electron chi connectivity index (χ4n) is 1.73. The second kappa shape index (κ2) is 6.81. The second-order valence-electron chi connectivity index (χ2n) is 4.93. The minimum Gasteiger partial charge on any atom is -0.486 e. The Morgan fingerprint density at radius 1 is 1.29 bits per heavy atom. The number of carboxylic acid groups (broad SMARTS) is 1. The van der Waals surface area contributed by atoms with Gasteiger partial charge >= 0.3 is 5.97 Å². The molecule has 0 radical (unpaired) electrons. The van der Waals surface area contributed by atoms with E-state index in [1.807, 2.05) is 0 Å². The Morgan fingerprint density at radius 3 is 2.42 bits per heavy atom. The summed E-state index contributed by atoms with van der Waals surface area (Å²) in [7, 11) is -0.651. The minimum absolute atomic E-state index is 0.102. The zero-order valence-electron chi connectivity index (χ0n) is 12.9. The molecule has 1 aromatic heterocycles. The van der Waals surface area contributed by atoms with Crippen molar-refractivity contribution >= 4 is 16.0 Å². The summed E-state index contributed by atoms with van der Waals surface area (Å²) >= 11 is 0. The smallest absolute Gasteiger partial charge is 0.342 e. The van der Waals surface area contributed by atoms with Crippen LogP contribution in [0.25, 0.3) is 0 Å². The van der Waals surface area contributed by atoms with Gasteiger partial charge in [0.1, 0.15) is 23.7 Å². The van der Waals surface area contributed by atoms with Crippen LogP contribution in [-0.4, -0.2) is 47.9 Å². The first-order valence-corrected chi connectivity index (χ1v) is 8.12. The van der Waals surface area contributed by atoms with Crippen molar-refractivity contribution in [3.8, 4) is 5.75 Å². The van der Waals surface area contributed by atoms with Gasteiger partial charge in [-0.25, -0.2) is 22.5 Å². The predicted molar refractivity (Wildman–Crippen MR) is 83.5 cm³/mol. The van der Waals surface area contributed by atoms with Crippen LogP contribution < -0.4 is 10.3 Å². The van der Waals surface area contributed by atoms with E-state index in [0.29, 0.717) is 5.75 Å². The quantitative estimate of drug-likeness (QED) is 0.764. The Bertz CT molecular complexity index is 903. The number of benzene rings is 1. The SMILES string of the molecule is CN(C)S(=O)(=O)c1ccc(OCc2ncc(C(=O)O)c(=O)[nH]2)cc1. The molecule has 0 unspecified atom stereocenters. The number of sulfonamides is 1.